The Morgan fingerprint density at radius 1 is 1.40 bits per heavy atom. The monoisotopic (exact) mass is 357 g/mol. The predicted molar refractivity (Wildman–Crippen MR) is 77.4 cm³/mol. The second-order valence-corrected chi connectivity index (χ2v) is 6.06. The number of carbonyl (C=O) groups is 1. The van der Waals surface area contributed by atoms with Gasteiger partial charge in [-0.1, -0.05) is 30.4 Å². The molecule has 5 heteroatoms. The lowest BCUT2D eigenvalue weighted by Gasteiger charge is -2.07. The van der Waals surface area contributed by atoms with E-state index < -0.39 is 5.97 Å². The highest BCUT2D eigenvalue weighted by Gasteiger charge is 2.19. The van der Waals surface area contributed by atoms with E-state index >= 15 is 0 Å². The van der Waals surface area contributed by atoms with E-state index in [9.17, 15) is 4.79 Å². The van der Waals surface area contributed by atoms with Crippen molar-refractivity contribution in [1.29, 1.82) is 0 Å². The molecule has 3 nitrogen and oxygen atoms in total. The number of fused-ring (bicyclic) bond motifs is 1. The van der Waals surface area contributed by atoms with E-state index in [1.54, 1.807) is 11.3 Å². The van der Waals surface area contributed by atoms with Crippen molar-refractivity contribution >= 4 is 27.5 Å². The Labute approximate surface area is 134 Å². The van der Waals surface area contributed by atoms with Crippen LogP contribution in [-0.2, 0) is 11.3 Å². The zero-order chi connectivity index (χ0) is 13.8. The molecule has 1 aromatic carbocycles. The lowest BCUT2D eigenvalue weighted by atomic mass is 10.0. The number of aliphatic carboxylic acids is 1. The molecule has 0 bridgehead atoms. The van der Waals surface area contributed by atoms with Crippen molar-refractivity contribution in [3.8, 4) is 0 Å². The molecule has 0 spiro atoms. The number of halogens is 1. The van der Waals surface area contributed by atoms with E-state index in [1.807, 2.05) is 6.92 Å². The molecule has 1 N–H and O–H groups in total. The highest BCUT2D eigenvalue weighted by atomic mass is 79.9. The first-order valence-electron chi connectivity index (χ1n) is 6.74. The highest BCUT2D eigenvalue weighted by Crippen LogP contribution is 2.20. The van der Waals surface area contributed by atoms with Crippen molar-refractivity contribution in [2.24, 2.45) is 5.92 Å². The number of rotatable bonds is 6. The van der Waals surface area contributed by atoms with Crippen molar-refractivity contribution in [3.05, 3.63) is 29.3 Å². The molecule has 0 saturated heterocycles. The van der Waals surface area contributed by atoms with Gasteiger partial charge >= 0.3 is 5.97 Å². The molecule has 0 fully saturated rings. The predicted octanol–water partition coefficient (Wildman–Crippen LogP) is 0.392. The van der Waals surface area contributed by atoms with Gasteiger partial charge in [0, 0.05) is 19.4 Å². The quantitative estimate of drug-likeness (QED) is 0.760. The number of hydrogen-bond acceptors (Lipinski definition) is 2. The van der Waals surface area contributed by atoms with E-state index in [2.05, 4.69) is 35.8 Å². The molecule has 20 heavy (non-hydrogen) atoms. The van der Waals surface area contributed by atoms with Crippen LogP contribution in [0.1, 0.15) is 31.2 Å². The lowest BCUT2D eigenvalue weighted by Crippen LogP contribution is -3.00. The van der Waals surface area contributed by atoms with Gasteiger partial charge in [-0.05, 0) is 18.9 Å². The summed E-state index contributed by atoms with van der Waals surface area (Å²) < 4.78 is 3.60. The van der Waals surface area contributed by atoms with Crippen LogP contribution in [0.15, 0.2) is 24.3 Å². The van der Waals surface area contributed by atoms with Crippen LogP contribution in [0, 0.1) is 12.8 Å². The molecule has 1 atom stereocenters. The van der Waals surface area contributed by atoms with Gasteiger partial charge < -0.3 is 22.1 Å². The minimum Gasteiger partial charge on any atom is -1.00 e. The molecule has 2 rings (SSSR count). The number of carboxylic acids is 1. The van der Waals surface area contributed by atoms with Crippen LogP contribution < -0.4 is 21.5 Å². The molecular weight excluding hydrogens is 338 g/mol. The first-order valence-corrected chi connectivity index (χ1v) is 7.56. The van der Waals surface area contributed by atoms with Crippen LogP contribution in [0.2, 0.25) is 0 Å². The van der Waals surface area contributed by atoms with E-state index in [4.69, 9.17) is 5.11 Å². The number of hydrogen-bond donors (Lipinski definition) is 1. The first kappa shape index (κ1) is 17.1. The fourth-order valence-electron chi connectivity index (χ4n) is 2.43. The molecular formula is C15H20BrNO2S. The smallest absolute Gasteiger partial charge is 0.306 e. The summed E-state index contributed by atoms with van der Waals surface area (Å²) in [4.78, 5) is 11.0. The SMILES string of the molecule is CCC(CCC[n+]1c(C)sc2ccccc21)C(=O)O.[Br-]. The summed E-state index contributed by atoms with van der Waals surface area (Å²) in [6.45, 7) is 4.97. The summed E-state index contributed by atoms with van der Waals surface area (Å²) in [6.07, 6.45) is 2.38. The third-order valence-electron chi connectivity index (χ3n) is 3.57. The Bertz CT molecular complexity index is 582. The first-order chi connectivity index (χ1) is 9.13. The van der Waals surface area contributed by atoms with Gasteiger partial charge in [0.15, 0.2) is 0 Å². The fraction of sp³-hybridized carbons (Fsp3) is 0.467. The lowest BCUT2D eigenvalue weighted by molar-refractivity contribution is -0.673. The maximum atomic E-state index is 11.0. The van der Waals surface area contributed by atoms with Gasteiger partial charge in [0.1, 0.15) is 11.2 Å². The topological polar surface area (TPSA) is 41.2 Å². The molecule has 1 heterocycles. The second kappa shape index (κ2) is 7.74. The van der Waals surface area contributed by atoms with E-state index in [0.29, 0.717) is 6.42 Å². The summed E-state index contributed by atoms with van der Waals surface area (Å²) >= 11 is 1.80. The molecule has 0 radical (unpaired) electrons. The molecule has 0 aliphatic rings. The number of carboxylic acid groups (broad SMARTS) is 1. The van der Waals surface area contributed by atoms with Gasteiger partial charge in [0.25, 0.3) is 0 Å². The Hall–Kier alpha value is -0.940. The summed E-state index contributed by atoms with van der Waals surface area (Å²) in [6, 6.07) is 8.38. The van der Waals surface area contributed by atoms with Crippen LogP contribution >= 0.6 is 11.3 Å². The number of para-hydroxylation sites is 1. The molecule has 1 aromatic heterocycles. The average molecular weight is 358 g/mol. The number of thiazole rings is 1. The van der Waals surface area contributed by atoms with Crippen molar-refractivity contribution in [2.75, 3.05) is 0 Å². The van der Waals surface area contributed by atoms with Crippen LogP contribution in [-0.4, -0.2) is 11.1 Å². The third-order valence-corrected chi connectivity index (χ3v) is 4.65. The largest absolute Gasteiger partial charge is 1.00 e. The van der Waals surface area contributed by atoms with Crippen molar-refractivity contribution < 1.29 is 31.4 Å². The molecule has 0 aliphatic heterocycles. The Morgan fingerprint density at radius 2 is 2.10 bits per heavy atom. The number of aromatic nitrogens is 1. The van der Waals surface area contributed by atoms with Gasteiger partial charge in [-0.25, -0.2) is 0 Å². The average Bonchev–Trinajstić information content (AvgIpc) is 2.70. The minimum atomic E-state index is -0.667. The number of benzene rings is 1. The van der Waals surface area contributed by atoms with E-state index in [1.165, 1.54) is 15.2 Å². The maximum absolute atomic E-state index is 11.0. The van der Waals surface area contributed by atoms with Gasteiger partial charge in [-0.2, -0.15) is 4.57 Å². The molecule has 110 valence electrons. The molecule has 1 unspecified atom stereocenters. The van der Waals surface area contributed by atoms with Crippen LogP contribution in [0.3, 0.4) is 0 Å². The summed E-state index contributed by atoms with van der Waals surface area (Å²) in [5.74, 6) is -0.870. The minimum absolute atomic E-state index is 0. The highest BCUT2D eigenvalue weighted by molar-refractivity contribution is 7.18. The Balaban J connectivity index is 0.00000200. The van der Waals surface area contributed by atoms with Crippen LogP contribution in [0.5, 0.6) is 0 Å². The van der Waals surface area contributed by atoms with Crippen molar-refractivity contribution in [3.63, 3.8) is 0 Å². The fourth-order valence-corrected chi connectivity index (χ4v) is 3.47. The summed E-state index contributed by atoms with van der Waals surface area (Å²) in [7, 11) is 0. The maximum Gasteiger partial charge on any atom is 0.306 e. The third kappa shape index (κ3) is 3.79. The van der Waals surface area contributed by atoms with Crippen molar-refractivity contribution in [1.82, 2.24) is 0 Å². The van der Waals surface area contributed by atoms with Crippen LogP contribution in [0.4, 0.5) is 0 Å². The zero-order valence-corrected chi connectivity index (χ0v) is 14.2. The normalized spacial score (nSPS) is 12.1. The van der Waals surface area contributed by atoms with Crippen molar-refractivity contribution in [2.45, 2.75) is 39.7 Å². The van der Waals surface area contributed by atoms with Gasteiger partial charge in [-0.15, -0.1) is 0 Å². The molecule has 2 aromatic rings. The Morgan fingerprint density at radius 3 is 2.75 bits per heavy atom. The van der Waals surface area contributed by atoms with E-state index in [-0.39, 0.29) is 22.9 Å². The van der Waals surface area contributed by atoms with Gasteiger partial charge in [-0.3, -0.25) is 4.79 Å². The second-order valence-electron chi connectivity index (χ2n) is 4.83. The summed E-state index contributed by atoms with van der Waals surface area (Å²) in [5, 5.41) is 10.3. The molecule has 0 amide bonds. The van der Waals surface area contributed by atoms with Gasteiger partial charge in [0.05, 0.1) is 5.92 Å². The standard InChI is InChI=1S/C15H19NO2S.BrH/c1-3-12(15(17)18)7-6-10-16-11(2)19-14-9-5-4-8-13(14)16;/h4-5,8-9,12H,3,6-7,10H2,1-2H3;1H. The number of nitrogens with zero attached hydrogens (tertiary/aromatic N) is 1. The molecule has 0 aliphatic carbocycles. The number of aryl methyl sites for hydroxylation is 2. The Kier molecular flexibility index (Phi) is 6.62. The van der Waals surface area contributed by atoms with E-state index in [0.717, 1.165) is 19.4 Å². The zero-order valence-electron chi connectivity index (χ0n) is 11.8. The summed E-state index contributed by atoms with van der Waals surface area (Å²) in [5.41, 5.74) is 1.26. The van der Waals surface area contributed by atoms with Crippen LogP contribution in [0.25, 0.3) is 10.2 Å². The molecule has 0 saturated carbocycles. The van der Waals surface area contributed by atoms with Gasteiger partial charge in [0.2, 0.25) is 10.5 Å².